The molecule has 2 amide bonds. The molecule has 0 saturated carbocycles. The molecule has 2 rings (SSSR count). The van der Waals surface area contributed by atoms with Gasteiger partial charge < -0.3 is 24.8 Å². The van der Waals surface area contributed by atoms with E-state index in [9.17, 15) is 14.4 Å². The topological polar surface area (TPSA) is 121 Å². The van der Waals surface area contributed by atoms with Gasteiger partial charge in [-0.05, 0) is 13.8 Å². The van der Waals surface area contributed by atoms with Crippen LogP contribution in [0.15, 0.2) is 12.1 Å². The van der Waals surface area contributed by atoms with E-state index < -0.39 is 17.8 Å². The monoisotopic (exact) mass is 404 g/mol. The van der Waals surface area contributed by atoms with E-state index in [0.29, 0.717) is 0 Å². The maximum absolute atomic E-state index is 12.4. The van der Waals surface area contributed by atoms with Crippen molar-refractivity contribution in [3.05, 3.63) is 34.6 Å². The first-order valence-electron chi connectivity index (χ1n) is 8.66. The minimum atomic E-state index is -0.943. The van der Waals surface area contributed by atoms with Crippen LogP contribution in [0, 0.1) is 13.8 Å². The molecule has 0 fully saturated rings. The molecule has 0 radical (unpaired) electrons. The highest BCUT2D eigenvalue weighted by Gasteiger charge is 2.22. The first kappa shape index (κ1) is 21.7. The fraction of sp³-hybridized carbons (Fsp3) is 0.368. The van der Waals surface area contributed by atoms with E-state index in [-0.39, 0.29) is 29.3 Å². The minimum Gasteiger partial charge on any atom is -0.493 e. The molecule has 0 aliphatic carbocycles. The molecule has 2 aromatic rings. The largest absolute Gasteiger partial charge is 0.493 e. The van der Waals surface area contributed by atoms with E-state index in [0.717, 1.165) is 17.0 Å². The zero-order valence-corrected chi connectivity index (χ0v) is 17.2. The first-order valence-corrected chi connectivity index (χ1v) is 8.66. The van der Waals surface area contributed by atoms with Crippen molar-refractivity contribution in [2.45, 2.75) is 20.4 Å². The van der Waals surface area contributed by atoms with Gasteiger partial charge in [0.05, 0.1) is 38.3 Å². The van der Waals surface area contributed by atoms with Gasteiger partial charge in [0.25, 0.3) is 0 Å². The van der Waals surface area contributed by atoms with Crippen LogP contribution in [0.3, 0.4) is 0 Å². The highest BCUT2D eigenvalue weighted by molar-refractivity contribution is 6.40. The van der Waals surface area contributed by atoms with Crippen molar-refractivity contribution in [3.8, 4) is 11.5 Å². The zero-order chi connectivity index (χ0) is 21.7. The van der Waals surface area contributed by atoms with Gasteiger partial charge in [0, 0.05) is 37.0 Å². The number of nitrogens with zero attached hydrogens (tertiary/aromatic N) is 2. The summed E-state index contributed by atoms with van der Waals surface area (Å²) in [4.78, 5) is 36.7. The van der Waals surface area contributed by atoms with Crippen LogP contribution in [-0.4, -0.2) is 48.9 Å². The van der Waals surface area contributed by atoms with Crippen LogP contribution in [0.1, 0.15) is 27.3 Å². The van der Waals surface area contributed by atoms with E-state index >= 15 is 0 Å². The normalized spacial score (nSPS) is 10.3. The molecule has 1 aromatic carbocycles. The number of ether oxygens (including phenoxy) is 3. The molecule has 0 aliphatic rings. The minimum absolute atomic E-state index is 0.0187. The molecule has 10 heteroatoms. The number of rotatable bonds is 6. The molecule has 2 N–H and O–H groups in total. The maximum atomic E-state index is 12.4. The van der Waals surface area contributed by atoms with Crippen molar-refractivity contribution >= 4 is 23.5 Å². The van der Waals surface area contributed by atoms with E-state index in [1.807, 2.05) is 13.8 Å². The van der Waals surface area contributed by atoms with Crippen molar-refractivity contribution < 1.29 is 28.6 Å². The lowest BCUT2D eigenvalue weighted by atomic mass is 10.1. The Morgan fingerprint density at radius 1 is 1.03 bits per heavy atom. The van der Waals surface area contributed by atoms with E-state index in [1.54, 1.807) is 11.7 Å². The first-order chi connectivity index (χ1) is 13.7. The van der Waals surface area contributed by atoms with Gasteiger partial charge in [-0.15, -0.1) is 0 Å². The van der Waals surface area contributed by atoms with Crippen LogP contribution in [0.5, 0.6) is 11.5 Å². The Morgan fingerprint density at radius 3 is 2.17 bits per heavy atom. The molecule has 156 valence electrons. The van der Waals surface area contributed by atoms with E-state index in [4.69, 9.17) is 14.2 Å². The van der Waals surface area contributed by atoms with Crippen LogP contribution < -0.4 is 20.1 Å². The van der Waals surface area contributed by atoms with Gasteiger partial charge in [-0.25, -0.2) is 4.79 Å². The number of aromatic nitrogens is 2. The summed E-state index contributed by atoms with van der Waals surface area (Å²) in [6, 6.07) is 2.74. The lowest BCUT2D eigenvalue weighted by molar-refractivity contribution is -0.136. The predicted molar refractivity (Wildman–Crippen MR) is 104 cm³/mol. The summed E-state index contributed by atoms with van der Waals surface area (Å²) in [5.74, 6) is -1.96. The molecule has 10 nitrogen and oxygen atoms in total. The number of benzene rings is 1. The quantitative estimate of drug-likeness (QED) is 0.546. The van der Waals surface area contributed by atoms with Gasteiger partial charge in [-0.2, -0.15) is 5.10 Å². The Bertz CT molecular complexity index is 951. The average molecular weight is 404 g/mol. The smallest absolute Gasteiger partial charge is 0.340 e. The van der Waals surface area contributed by atoms with Crippen molar-refractivity contribution in [2.24, 2.45) is 7.05 Å². The third kappa shape index (κ3) is 4.65. The molecular weight excluding hydrogens is 380 g/mol. The Morgan fingerprint density at radius 2 is 1.66 bits per heavy atom. The third-order valence-electron chi connectivity index (χ3n) is 4.47. The van der Waals surface area contributed by atoms with Crippen LogP contribution in [0.4, 0.5) is 5.69 Å². The van der Waals surface area contributed by atoms with E-state index in [1.165, 1.54) is 33.5 Å². The summed E-state index contributed by atoms with van der Waals surface area (Å²) in [6.07, 6.45) is 0. The Labute approximate surface area is 168 Å². The fourth-order valence-corrected chi connectivity index (χ4v) is 2.76. The average Bonchev–Trinajstić information content (AvgIpc) is 2.96. The van der Waals surface area contributed by atoms with Gasteiger partial charge in [0.2, 0.25) is 0 Å². The Balaban J connectivity index is 2.20. The number of esters is 1. The van der Waals surface area contributed by atoms with Crippen LogP contribution >= 0.6 is 0 Å². The number of nitrogens with one attached hydrogen (secondary N) is 2. The lowest BCUT2D eigenvalue weighted by Gasteiger charge is -2.14. The second kappa shape index (κ2) is 9.09. The Hall–Kier alpha value is -3.56. The van der Waals surface area contributed by atoms with Crippen molar-refractivity contribution in [1.29, 1.82) is 0 Å². The van der Waals surface area contributed by atoms with Gasteiger partial charge >= 0.3 is 17.8 Å². The summed E-state index contributed by atoms with van der Waals surface area (Å²) in [5.41, 5.74) is 2.55. The summed E-state index contributed by atoms with van der Waals surface area (Å²) in [5, 5.41) is 9.23. The van der Waals surface area contributed by atoms with Crippen LogP contribution in [0.25, 0.3) is 0 Å². The number of hydrogen-bond acceptors (Lipinski definition) is 7. The maximum Gasteiger partial charge on any atom is 0.340 e. The molecule has 0 atom stereocenters. The second-order valence-corrected chi connectivity index (χ2v) is 6.15. The lowest BCUT2D eigenvalue weighted by Crippen LogP contribution is -2.35. The molecule has 29 heavy (non-hydrogen) atoms. The fourth-order valence-electron chi connectivity index (χ4n) is 2.76. The summed E-state index contributed by atoms with van der Waals surface area (Å²) in [6.45, 7) is 3.84. The van der Waals surface area contributed by atoms with Gasteiger partial charge in [-0.3, -0.25) is 14.3 Å². The second-order valence-electron chi connectivity index (χ2n) is 6.15. The molecular formula is C19H24N4O6. The van der Waals surface area contributed by atoms with Crippen molar-refractivity contribution in [3.63, 3.8) is 0 Å². The van der Waals surface area contributed by atoms with Crippen molar-refractivity contribution in [2.75, 3.05) is 26.6 Å². The van der Waals surface area contributed by atoms with Gasteiger partial charge in [0.15, 0.2) is 11.5 Å². The summed E-state index contributed by atoms with van der Waals surface area (Å²) in [7, 11) is 5.82. The van der Waals surface area contributed by atoms with Crippen LogP contribution in [-0.2, 0) is 27.9 Å². The Kier molecular flexibility index (Phi) is 6.81. The number of methoxy groups -OCH3 is 3. The standard InChI is InChI=1S/C19H24N4O6/c1-10-13(11(2)23(3)22-10)9-20-17(24)18(25)21-14-8-16(28-5)15(27-4)7-12(14)19(26)29-6/h7-8H,9H2,1-6H3,(H,20,24)(H,21,25). The SMILES string of the molecule is COC(=O)c1cc(OC)c(OC)cc1NC(=O)C(=O)NCc1c(C)nn(C)c1C. The molecule has 0 saturated heterocycles. The molecule has 1 aromatic heterocycles. The number of aryl methyl sites for hydroxylation is 2. The number of hydrogen-bond donors (Lipinski definition) is 2. The summed E-state index contributed by atoms with van der Waals surface area (Å²) < 4.78 is 16.8. The zero-order valence-electron chi connectivity index (χ0n) is 17.2. The van der Waals surface area contributed by atoms with E-state index in [2.05, 4.69) is 15.7 Å². The van der Waals surface area contributed by atoms with Crippen molar-refractivity contribution in [1.82, 2.24) is 15.1 Å². The highest BCUT2D eigenvalue weighted by atomic mass is 16.5. The molecule has 0 unspecified atom stereocenters. The van der Waals surface area contributed by atoms with Gasteiger partial charge in [-0.1, -0.05) is 0 Å². The third-order valence-corrected chi connectivity index (χ3v) is 4.47. The van der Waals surface area contributed by atoms with Gasteiger partial charge in [0.1, 0.15) is 0 Å². The molecule has 1 heterocycles. The summed E-state index contributed by atoms with van der Waals surface area (Å²) >= 11 is 0. The molecule has 0 spiro atoms. The molecule has 0 bridgehead atoms. The molecule has 0 aliphatic heterocycles. The number of amides is 2. The number of anilines is 1. The number of carbonyl (C=O) groups is 3. The highest BCUT2D eigenvalue weighted by Crippen LogP contribution is 2.33. The van der Waals surface area contributed by atoms with Crippen LogP contribution in [0.2, 0.25) is 0 Å². The number of carbonyl (C=O) groups excluding carboxylic acids is 3. The predicted octanol–water partition coefficient (Wildman–Crippen LogP) is 1.10.